The molecule has 1 saturated heterocycles. The van der Waals surface area contributed by atoms with Crippen LogP contribution in [0.15, 0.2) is 28.7 Å². The van der Waals surface area contributed by atoms with E-state index in [1.807, 2.05) is 0 Å². The van der Waals surface area contributed by atoms with Crippen LogP contribution in [0.1, 0.15) is 28.7 Å². The Labute approximate surface area is 169 Å². The van der Waals surface area contributed by atoms with Gasteiger partial charge < -0.3 is 10.3 Å². The number of rotatable bonds is 5. The van der Waals surface area contributed by atoms with Crippen LogP contribution in [0.3, 0.4) is 0 Å². The van der Waals surface area contributed by atoms with Crippen LogP contribution in [0, 0.1) is 25.0 Å². The number of hydrogen-bond donors (Lipinski definition) is 3. The zero-order valence-electron chi connectivity index (χ0n) is 15.2. The minimum atomic E-state index is -1.33. The number of aromatic nitrogens is 2. The molecule has 0 spiro atoms. The number of amides is 4. The third kappa shape index (κ3) is 3.40. The van der Waals surface area contributed by atoms with Crippen molar-refractivity contribution >= 4 is 33.8 Å². The molecule has 1 aromatic carbocycles. The van der Waals surface area contributed by atoms with Crippen LogP contribution in [0.5, 0.6) is 0 Å². The summed E-state index contributed by atoms with van der Waals surface area (Å²) >= 11 is 3.37. The third-order valence-corrected chi connectivity index (χ3v) is 5.39. The minimum Gasteiger partial charge on any atom is -0.711 e. The topological polar surface area (TPSA) is 127 Å². The quantitative estimate of drug-likeness (QED) is 0.349. The number of nitrogens with zero attached hydrogens (tertiary/aromatic N) is 2. The van der Waals surface area contributed by atoms with Crippen molar-refractivity contribution in [1.29, 1.82) is 0 Å². The number of aliphatic hydroxyl groups excluding tert-OH is 1. The zero-order valence-corrected chi connectivity index (χ0v) is 16.8. The van der Waals surface area contributed by atoms with E-state index >= 15 is 0 Å². The minimum absolute atomic E-state index is 0.122. The lowest BCUT2D eigenvalue weighted by Crippen LogP contribution is -2.58. The van der Waals surface area contributed by atoms with Gasteiger partial charge in [-0.1, -0.05) is 28.1 Å². The summed E-state index contributed by atoms with van der Waals surface area (Å²) in [4.78, 5) is 36.7. The Morgan fingerprint density at radius 2 is 1.89 bits per heavy atom. The molecular formula is C18H19BrN4O5. The molecule has 0 bridgehead atoms. The average Bonchev–Trinajstić information content (AvgIpc) is 2.83. The van der Waals surface area contributed by atoms with Crippen LogP contribution in [0.25, 0.3) is 0 Å². The van der Waals surface area contributed by atoms with Gasteiger partial charge in [-0.3, -0.25) is 20.2 Å². The van der Waals surface area contributed by atoms with E-state index in [-0.39, 0.29) is 19.0 Å². The second-order valence-corrected chi connectivity index (χ2v) is 7.43. The van der Waals surface area contributed by atoms with E-state index in [9.17, 15) is 24.7 Å². The fourth-order valence-electron chi connectivity index (χ4n) is 3.50. The predicted octanol–water partition coefficient (Wildman–Crippen LogP) is 0.607. The van der Waals surface area contributed by atoms with Gasteiger partial charge in [0, 0.05) is 18.3 Å². The summed E-state index contributed by atoms with van der Waals surface area (Å²) in [6.45, 7) is 3.25. The molecule has 2 aromatic rings. The molecule has 10 heteroatoms. The standard InChI is InChI=1S/C18H19BrN4O5/c1-9-10(2)23(28)17(22(9)6-7-24)13(11-4-3-5-12(19)8-11)14-15(25)20-18(27)21-16(14)26/h3-5,8,13-14,24H,6-7H2,1-2H3,(H2,20,21,25,26,27). The van der Waals surface area contributed by atoms with E-state index in [1.165, 1.54) is 0 Å². The van der Waals surface area contributed by atoms with Crippen molar-refractivity contribution in [2.75, 3.05) is 6.61 Å². The summed E-state index contributed by atoms with van der Waals surface area (Å²) in [5.41, 5.74) is 1.56. The molecule has 0 radical (unpaired) electrons. The van der Waals surface area contributed by atoms with E-state index in [0.29, 0.717) is 26.2 Å². The van der Waals surface area contributed by atoms with Crippen molar-refractivity contribution in [3.63, 3.8) is 0 Å². The van der Waals surface area contributed by atoms with Crippen molar-refractivity contribution in [2.45, 2.75) is 26.3 Å². The number of barbiturate groups is 1. The molecular weight excluding hydrogens is 432 g/mol. The Morgan fingerprint density at radius 1 is 1.25 bits per heavy atom. The van der Waals surface area contributed by atoms with Crippen LogP contribution in [0.2, 0.25) is 0 Å². The highest BCUT2D eigenvalue weighted by atomic mass is 79.9. The summed E-state index contributed by atoms with van der Waals surface area (Å²) < 4.78 is 2.98. The van der Waals surface area contributed by atoms with Gasteiger partial charge in [0.15, 0.2) is 0 Å². The highest BCUT2D eigenvalue weighted by Crippen LogP contribution is 2.34. The normalized spacial score (nSPS) is 16.1. The molecule has 4 amide bonds. The van der Waals surface area contributed by atoms with Gasteiger partial charge in [0.2, 0.25) is 11.8 Å². The molecule has 1 aliphatic heterocycles. The average molecular weight is 451 g/mol. The molecule has 1 fully saturated rings. The Hall–Kier alpha value is -2.72. The first kappa shape index (κ1) is 20.0. The highest BCUT2D eigenvalue weighted by Gasteiger charge is 2.47. The molecule has 1 atom stereocenters. The fourth-order valence-corrected chi connectivity index (χ4v) is 3.91. The third-order valence-electron chi connectivity index (χ3n) is 4.90. The molecule has 0 saturated carbocycles. The second kappa shape index (κ2) is 7.72. The summed E-state index contributed by atoms with van der Waals surface area (Å²) in [6.07, 6.45) is 0. The largest absolute Gasteiger partial charge is 0.711 e. The number of imidazole rings is 1. The van der Waals surface area contributed by atoms with Crippen LogP contribution in [-0.2, 0) is 16.1 Å². The van der Waals surface area contributed by atoms with Gasteiger partial charge in [-0.2, -0.15) is 0 Å². The molecule has 2 heterocycles. The molecule has 1 unspecified atom stereocenters. The smallest absolute Gasteiger partial charge is 0.328 e. The first-order valence-electron chi connectivity index (χ1n) is 8.57. The number of carbonyl (C=O) groups is 3. The van der Waals surface area contributed by atoms with Crippen LogP contribution in [0.4, 0.5) is 4.79 Å². The second-order valence-electron chi connectivity index (χ2n) is 6.52. The maximum absolute atomic E-state index is 13.0. The van der Waals surface area contributed by atoms with Crippen LogP contribution < -0.4 is 15.4 Å². The Kier molecular flexibility index (Phi) is 5.52. The lowest BCUT2D eigenvalue weighted by atomic mass is 9.83. The number of halogens is 1. The molecule has 1 aliphatic rings. The highest BCUT2D eigenvalue weighted by molar-refractivity contribution is 9.10. The number of hydrogen-bond acceptors (Lipinski definition) is 5. The van der Waals surface area contributed by atoms with Crippen molar-refractivity contribution < 1.29 is 24.2 Å². The van der Waals surface area contributed by atoms with Gasteiger partial charge >= 0.3 is 6.03 Å². The summed E-state index contributed by atoms with van der Waals surface area (Å²) in [5.74, 6) is -3.73. The number of benzene rings is 1. The number of nitrogens with one attached hydrogen (secondary N) is 2. The van der Waals surface area contributed by atoms with Crippen LogP contribution in [-0.4, -0.2) is 34.1 Å². The first-order chi connectivity index (χ1) is 13.3. The molecule has 28 heavy (non-hydrogen) atoms. The Morgan fingerprint density at radius 3 is 2.46 bits per heavy atom. The number of imide groups is 2. The maximum atomic E-state index is 13.0. The SMILES string of the molecule is Cc1c(C)[n+]([O-])c(C(c2cccc(Br)c2)C2C(=O)NC(=O)NC2=O)n1CCO. The molecule has 3 N–H and O–H groups in total. The number of aliphatic hydroxyl groups is 1. The molecule has 9 nitrogen and oxygen atoms in total. The van der Waals surface area contributed by atoms with E-state index in [0.717, 1.165) is 0 Å². The van der Waals surface area contributed by atoms with Gasteiger partial charge in [0.25, 0.3) is 5.82 Å². The van der Waals surface area contributed by atoms with E-state index in [4.69, 9.17) is 0 Å². The molecule has 148 valence electrons. The maximum Gasteiger partial charge on any atom is 0.328 e. The summed E-state index contributed by atoms with van der Waals surface area (Å²) in [7, 11) is 0. The Balaban J connectivity index is 2.27. The predicted molar refractivity (Wildman–Crippen MR) is 101 cm³/mol. The van der Waals surface area contributed by atoms with Crippen molar-refractivity contribution in [1.82, 2.24) is 15.2 Å². The summed E-state index contributed by atoms with van der Waals surface area (Å²) in [5, 5.41) is 26.6. The first-order valence-corrected chi connectivity index (χ1v) is 9.36. The van der Waals surface area contributed by atoms with E-state index < -0.39 is 29.7 Å². The molecule has 3 rings (SSSR count). The number of carbonyl (C=O) groups excluding carboxylic acids is 3. The molecule has 1 aromatic heterocycles. The lowest BCUT2D eigenvalue weighted by molar-refractivity contribution is -0.621. The van der Waals surface area contributed by atoms with Gasteiger partial charge in [0.1, 0.15) is 29.8 Å². The Bertz CT molecular complexity index is 951. The molecule has 0 aliphatic carbocycles. The van der Waals surface area contributed by atoms with Gasteiger partial charge in [-0.25, -0.2) is 14.1 Å². The van der Waals surface area contributed by atoms with E-state index in [1.54, 1.807) is 42.7 Å². The fraction of sp³-hybridized carbons (Fsp3) is 0.333. The lowest BCUT2D eigenvalue weighted by Gasteiger charge is -2.27. The van der Waals surface area contributed by atoms with Crippen molar-refractivity contribution in [3.8, 4) is 0 Å². The van der Waals surface area contributed by atoms with Crippen LogP contribution >= 0.6 is 15.9 Å². The van der Waals surface area contributed by atoms with Gasteiger partial charge in [0.05, 0.1) is 6.61 Å². The van der Waals surface area contributed by atoms with Crippen molar-refractivity contribution in [3.05, 3.63) is 56.7 Å². The summed E-state index contributed by atoms with van der Waals surface area (Å²) in [6, 6.07) is 6.02. The van der Waals surface area contributed by atoms with Gasteiger partial charge in [-0.05, 0) is 17.7 Å². The monoisotopic (exact) mass is 450 g/mol. The zero-order chi connectivity index (χ0) is 20.6. The number of urea groups is 1. The van der Waals surface area contributed by atoms with E-state index in [2.05, 4.69) is 26.6 Å². The van der Waals surface area contributed by atoms with Crippen molar-refractivity contribution in [2.24, 2.45) is 5.92 Å². The van der Waals surface area contributed by atoms with Gasteiger partial charge in [-0.15, -0.1) is 0 Å².